The van der Waals surface area contributed by atoms with Crippen molar-refractivity contribution in [2.75, 3.05) is 6.54 Å². The van der Waals surface area contributed by atoms with Crippen LogP contribution in [0.3, 0.4) is 0 Å². The Balaban J connectivity index is 1.57. The molecule has 0 fully saturated rings. The average Bonchev–Trinajstić information content (AvgIpc) is 2.80. The third-order valence-corrected chi connectivity index (χ3v) is 5.39. The minimum Gasteiger partial charge on any atom is -0.445 e. The highest BCUT2D eigenvalue weighted by Gasteiger charge is 2.27. The quantitative estimate of drug-likeness (QED) is 0.668. The van der Waals surface area contributed by atoms with Crippen LogP contribution in [0.2, 0.25) is 0 Å². The smallest absolute Gasteiger partial charge is 0.410 e. The Morgan fingerprint density at radius 2 is 1.60 bits per heavy atom. The van der Waals surface area contributed by atoms with E-state index < -0.39 is 6.09 Å². The fraction of sp³-hybridized carbons (Fsp3) is 0.261. The summed E-state index contributed by atoms with van der Waals surface area (Å²) in [6, 6.07) is 18.8. The van der Waals surface area contributed by atoms with Crippen LogP contribution >= 0.6 is 0 Å². The van der Waals surface area contributed by atoms with Crippen LogP contribution in [0.15, 0.2) is 70.3 Å². The van der Waals surface area contributed by atoms with E-state index in [9.17, 15) is 14.4 Å². The summed E-state index contributed by atoms with van der Waals surface area (Å²) in [5.41, 5.74) is 2.22. The second kappa shape index (κ2) is 8.41. The fourth-order valence-corrected chi connectivity index (χ4v) is 3.73. The van der Waals surface area contributed by atoms with Crippen LogP contribution < -0.4 is 11.2 Å². The zero-order valence-corrected chi connectivity index (χ0v) is 16.8. The van der Waals surface area contributed by atoms with Crippen LogP contribution in [0.4, 0.5) is 4.79 Å². The molecule has 2 heterocycles. The molecule has 4 rings (SSSR count). The van der Waals surface area contributed by atoms with E-state index >= 15 is 0 Å². The number of hydrogen-bond donors (Lipinski definition) is 0. The van der Waals surface area contributed by atoms with Gasteiger partial charge in [-0.2, -0.15) is 0 Å². The van der Waals surface area contributed by atoms with Gasteiger partial charge in [-0.3, -0.25) is 9.36 Å². The normalized spacial score (nSPS) is 13.0. The SMILES string of the molecule is Cn1c2c(c(=O)n(Cc3ccccc3)c1=O)CN(C(=O)OCc1ccccc1)CC2. The standard InChI is InChI=1S/C23H23N3O4/c1-24-20-12-13-25(23(29)30-16-18-10-6-3-7-11-18)15-19(20)21(27)26(22(24)28)14-17-8-4-2-5-9-17/h2-11H,12-16H2,1H3. The molecular weight excluding hydrogens is 382 g/mol. The largest absolute Gasteiger partial charge is 0.445 e. The molecule has 0 aliphatic carbocycles. The van der Waals surface area contributed by atoms with Crippen LogP contribution in [-0.4, -0.2) is 26.7 Å². The number of carbonyl (C=O) groups excluding carboxylic acids is 1. The second-order valence-electron chi connectivity index (χ2n) is 7.36. The molecule has 1 amide bonds. The molecule has 3 aromatic rings. The van der Waals surface area contributed by atoms with Gasteiger partial charge in [-0.05, 0) is 11.1 Å². The zero-order chi connectivity index (χ0) is 21.1. The first kappa shape index (κ1) is 19.7. The molecule has 0 N–H and O–H groups in total. The number of aromatic nitrogens is 2. The predicted molar refractivity (Wildman–Crippen MR) is 112 cm³/mol. The molecule has 7 nitrogen and oxygen atoms in total. The fourth-order valence-electron chi connectivity index (χ4n) is 3.73. The van der Waals surface area contributed by atoms with Gasteiger partial charge in [-0.25, -0.2) is 9.59 Å². The van der Waals surface area contributed by atoms with Crippen LogP contribution in [0.1, 0.15) is 22.4 Å². The maximum absolute atomic E-state index is 13.1. The minimum atomic E-state index is -0.465. The Labute approximate surface area is 173 Å². The van der Waals surface area contributed by atoms with Gasteiger partial charge in [0, 0.05) is 25.7 Å². The summed E-state index contributed by atoms with van der Waals surface area (Å²) in [7, 11) is 1.67. The minimum absolute atomic E-state index is 0.130. The number of fused-ring (bicyclic) bond motifs is 1. The van der Waals surface area contributed by atoms with E-state index in [2.05, 4.69) is 0 Å². The number of nitrogens with zero attached hydrogens (tertiary/aromatic N) is 3. The summed E-state index contributed by atoms with van der Waals surface area (Å²) >= 11 is 0. The first-order valence-corrected chi connectivity index (χ1v) is 9.85. The lowest BCUT2D eigenvalue weighted by Gasteiger charge is -2.29. The number of hydrogen-bond acceptors (Lipinski definition) is 4. The molecule has 30 heavy (non-hydrogen) atoms. The molecule has 1 aliphatic rings. The van der Waals surface area contributed by atoms with E-state index in [0.717, 1.165) is 11.1 Å². The molecule has 0 saturated carbocycles. The van der Waals surface area contributed by atoms with Crippen molar-refractivity contribution in [3.05, 3.63) is 104 Å². The Kier molecular flexibility index (Phi) is 5.52. The molecule has 2 aromatic carbocycles. The van der Waals surface area contributed by atoms with E-state index in [0.29, 0.717) is 24.2 Å². The zero-order valence-electron chi connectivity index (χ0n) is 16.8. The number of carbonyl (C=O) groups is 1. The maximum Gasteiger partial charge on any atom is 0.410 e. The summed E-state index contributed by atoms with van der Waals surface area (Å²) in [5.74, 6) is 0. The maximum atomic E-state index is 13.1. The van der Waals surface area contributed by atoms with Gasteiger partial charge in [-0.15, -0.1) is 0 Å². The van der Waals surface area contributed by atoms with Gasteiger partial charge >= 0.3 is 11.8 Å². The van der Waals surface area contributed by atoms with Crippen molar-refractivity contribution >= 4 is 6.09 Å². The molecule has 7 heteroatoms. The van der Waals surface area contributed by atoms with E-state index in [-0.39, 0.29) is 30.9 Å². The lowest BCUT2D eigenvalue weighted by Crippen LogP contribution is -2.48. The Morgan fingerprint density at radius 1 is 0.967 bits per heavy atom. The van der Waals surface area contributed by atoms with Gasteiger partial charge < -0.3 is 14.2 Å². The first-order chi connectivity index (χ1) is 14.5. The number of rotatable bonds is 4. The topological polar surface area (TPSA) is 73.5 Å². The van der Waals surface area contributed by atoms with Gasteiger partial charge in [0.25, 0.3) is 5.56 Å². The van der Waals surface area contributed by atoms with E-state index in [1.807, 2.05) is 60.7 Å². The van der Waals surface area contributed by atoms with Crippen LogP contribution in [0.25, 0.3) is 0 Å². The van der Waals surface area contributed by atoms with Gasteiger partial charge in [0.05, 0.1) is 18.7 Å². The van der Waals surface area contributed by atoms with Crippen molar-refractivity contribution in [1.29, 1.82) is 0 Å². The molecule has 0 radical (unpaired) electrons. The van der Waals surface area contributed by atoms with Crippen molar-refractivity contribution in [1.82, 2.24) is 14.0 Å². The molecule has 0 atom stereocenters. The Bertz CT molecular complexity index is 1170. The Morgan fingerprint density at radius 3 is 2.27 bits per heavy atom. The number of ether oxygens (including phenoxy) is 1. The van der Waals surface area contributed by atoms with Gasteiger partial charge in [0.15, 0.2) is 0 Å². The lowest BCUT2D eigenvalue weighted by molar-refractivity contribution is 0.0909. The predicted octanol–water partition coefficient (Wildman–Crippen LogP) is 2.29. The third-order valence-electron chi connectivity index (χ3n) is 5.39. The highest BCUT2D eigenvalue weighted by atomic mass is 16.6. The summed E-state index contributed by atoms with van der Waals surface area (Å²) in [6.07, 6.45) is -0.0319. The molecule has 1 aliphatic heterocycles. The summed E-state index contributed by atoms with van der Waals surface area (Å²) in [6.45, 7) is 0.896. The van der Waals surface area contributed by atoms with Crippen molar-refractivity contribution in [3.8, 4) is 0 Å². The molecule has 0 unspecified atom stereocenters. The van der Waals surface area contributed by atoms with Crippen molar-refractivity contribution in [3.63, 3.8) is 0 Å². The highest BCUT2D eigenvalue weighted by molar-refractivity contribution is 5.68. The van der Waals surface area contributed by atoms with E-state index in [1.54, 1.807) is 7.05 Å². The molecule has 0 bridgehead atoms. The number of benzene rings is 2. The van der Waals surface area contributed by atoms with Crippen molar-refractivity contribution in [2.24, 2.45) is 7.05 Å². The highest BCUT2D eigenvalue weighted by Crippen LogP contribution is 2.16. The molecule has 154 valence electrons. The van der Waals surface area contributed by atoms with Crippen LogP contribution in [0.5, 0.6) is 0 Å². The van der Waals surface area contributed by atoms with E-state index in [4.69, 9.17) is 4.74 Å². The average molecular weight is 405 g/mol. The molecule has 1 aromatic heterocycles. The van der Waals surface area contributed by atoms with Crippen molar-refractivity contribution < 1.29 is 9.53 Å². The third kappa shape index (κ3) is 3.91. The summed E-state index contributed by atoms with van der Waals surface area (Å²) in [4.78, 5) is 39.9. The van der Waals surface area contributed by atoms with Crippen molar-refractivity contribution in [2.45, 2.75) is 26.1 Å². The molecular formula is C23H23N3O4. The second-order valence-corrected chi connectivity index (χ2v) is 7.36. The lowest BCUT2D eigenvalue weighted by atomic mass is 10.1. The monoisotopic (exact) mass is 405 g/mol. The van der Waals surface area contributed by atoms with Gasteiger partial charge in [-0.1, -0.05) is 60.7 Å². The van der Waals surface area contributed by atoms with Crippen LogP contribution in [-0.2, 0) is 37.9 Å². The number of amides is 1. The van der Waals surface area contributed by atoms with Gasteiger partial charge in [0.1, 0.15) is 6.61 Å². The first-order valence-electron chi connectivity index (χ1n) is 9.85. The van der Waals surface area contributed by atoms with Crippen LogP contribution in [0, 0.1) is 0 Å². The van der Waals surface area contributed by atoms with Gasteiger partial charge in [0.2, 0.25) is 0 Å². The Hall–Kier alpha value is -3.61. The molecule has 0 saturated heterocycles. The summed E-state index contributed by atoms with van der Waals surface area (Å²) in [5, 5.41) is 0. The van der Waals surface area contributed by atoms with E-state index in [1.165, 1.54) is 14.0 Å². The molecule has 0 spiro atoms. The summed E-state index contributed by atoms with van der Waals surface area (Å²) < 4.78 is 8.16.